The number of amides is 2. The lowest BCUT2D eigenvalue weighted by atomic mass is 10.0. The largest absolute Gasteiger partial charge is 0.273 e. The Bertz CT molecular complexity index is 886. The van der Waals surface area contributed by atoms with Gasteiger partial charge in [0.15, 0.2) is 0 Å². The monoisotopic (exact) mass is 382 g/mol. The molecule has 0 fully saturated rings. The molecule has 3 rings (SSSR count). The van der Waals surface area contributed by atoms with Crippen molar-refractivity contribution in [2.24, 2.45) is 0 Å². The zero-order valence-corrected chi connectivity index (χ0v) is 14.3. The standard InChI is InChI=1S/C19H15BrN2O2/c20-16-10-8-14(9-11-16)19(24)22-21-18(23)12-15-6-3-5-13-4-1-2-7-17(13)15/h1-11H,12H2,(H,21,23)(H,22,24). The lowest BCUT2D eigenvalue weighted by molar-refractivity contribution is -0.121. The number of carbonyl (C=O) groups excluding carboxylic acids is 2. The molecule has 0 aromatic heterocycles. The molecule has 0 aliphatic carbocycles. The summed E-state index contributed by atoms with van der Waals surface area (Å²) < 4.78 is 0.888. The molecule has 24 heavy (non-hydrogen) atoms. The van der Waals surface area contributed by atoms with E-state index in [1.807, 2.05) is 42.5 Å². The molecule has 120 valence electrons. The van der Waals surface area contributed by atoms with Crippen LogP contribution in [0, 0.1) is 0 Å². The molecule has 0 aliphatic rings. The van der Waals surface area contributed by atoms with Gasteiger partial charge in [0.05, 0.1) is 6.42 Å². The van der Waals surface area contributed by atoms with E-state index in [0.717, 1.165) is 20.8 Å². The van der Waals surface area contributed by atoms with Gasteiger partial charge >= 0.3 is 0 Å². The van der Waals surface area contributed by atoms with Crippen LogP contribution in [-0.2, 0) is 11.2 Å². The smallest absolute Gasteiger partial charge is 0.269 e. The van der Waals surface area contributed by atoms with Gasteiger partial charge in [0.25, 0.3) is 5.91 Å². The summed E-state index contributed by atoms with van der Waals surface area (Å²) in [6, 6.07) is 20.6. The molecule has 0 unspecified atom stereocenters. The van der Waals surface area contributed by atoms with Crippen molar-refractivity contribution in [2.75, 3.05) is 0 Å². The first-order valence-electron chi connectivity index (χ1n) is 7.45. The number of fused-ring (bicyclic) bond motifs is 1. The van der Waals surface area contributed by atoms with E-state index in [4.69, 9.17) is 0 Å². The fourth-order valence-electron chi connectivity index (χ4n) is 2.46. The minimum Gasteiger partial charge on any atom is -0.273 e. The molecule has 2 N–H and O–H groups in total. The molecule has 3 aromatic carbocycles. The van der Waals surface area contributed by atoms with Gasteiger partial charge in [-0.3, -0.25) is 20.4 Å². The van der Waals surface area contributed by atoms with Crippen LogP contribution in [0.1, 0.15) is 15.9 Å². The van der Waals surface area contributed by atoms with E-state index in [9.17, 15) is 9.59 Å². The van der Waals surface area contributed by atoms with Crippen molar-refractivity contribution >= 4 is 38.5 Å². The van der Waals surface area contributed by atoms with Crippen LogP contribution in [0.15, 0.2) is 71.2 Å². The number of rotatable bonds is 3. The van der Waals surface area contributed by atoms with Crippen LogP contribution in [0.2, 0.25) is 0 Å². The minimum atomic E-state index is -0.353. The van der Waals surface area contributed by atoms with Crippen molar-refractivity contribution in [3.05, 3.63) is 82.3 Å². The molecule has 0 saturated heterocycles. The molecule has 0 bridgehead atoms. The summed E-state index contributed by atoms with van der Waals surface area (Å²) in [7, 11) is 0. The molecule has 0 atom stereocenters. The molecule has 2 amide bonds. The molecule has 0 heterocycles. The average molecular weight is 383 g/mol. The van der Waals surface area contributed by atoms with Crippen LogP contribution in [0.5, 0.6) is 0 Å². The van der Waals surface area contributed by atoms with Crippen molar-refractivity contribution in [3.63, 3.8) is 0 Å². The summed E-state index contributed by atoms with van der Waals surface area (Å²) in [5.41, 5.74) is 6.29. The zero-order chi connectivity index (χ0) is 16.9. The number of hydrazine groups is 1. The quantitative estimate of drug-likeness (QED) is 0.679. The molecule has 5 heteroatoms. The van der Waals surface area contributed by atoms with Crippen molar-refractivity contribution in [1.29, 1.82) is 0 Å². The summed E-state index contributed by atoms with van der Waals surface area (Å²) >= 11 is 3.31. The Morgan fingerprint density at radius 2 is 1.54 bits per heavy atom. The molecular weight excluding hydrogens is 368 g/mol. The molecule has 0 saturated carbocycles. The van der Waals surface area contributed by atoms with Gasteiger partial charge in [-0.15, -0.1) is 0 Å². The fourth-order valence-corrected chi connectivity index (χ4v) is 2.73. The SMILES string of the molecule is O=C(Cc1cccc2ccccc12)NNC(=O)c1ccc(Br)cc1. The normalized spacial score (nSPS) is 10.4. The Balaban J connectivity index is 1.63. The second-order valence-electron chi connectivity index (χ2n) is 5.32. The molecular formula is C19H15BrN2O2. The van der Waals surface area contributed by atoms with Crippen molar-refractivity contribution in [1.82, 2.24) is 10.9 Å². The maximum atomic E-state index is 12.1. The molecule has 0 aliphatic heterocycles. The van der Waals surface area contributed by atoms with E-state index in [1.165, 1.54) is 0 Å². The predicted octanol–water partition coefficient (Wildman–Crippen LogP) is 3.61. The predicted molar refractivity (Wildman–Crippen MR) is 97.4 cm³/mol. The average Bonchev–Trinajstić information content (AvgIpc) is 2.61. The Kier molecular flexibility index (Phi) is 4.91. The number of hydrogen-bond donors (Lipinski definition) is 2. The van der Waals surface area contributed by atoms with Crippen molar-refractivity contribution in [2.45, 2.75) is 6.42 Å². The minimum absolute atomic E-state index is 0.196. The van der Waals surface area contributed by atoms with E-state index < -0.39 is 0 Å². The maximum absolute atomic E-state index is 12.1. The van der Waals surface area contributed by atoms with Crippen LogP contribution >= 0.6 is 15.9 Å². The highest BCUT2D eigenvalue weighted by Crippen LogP contribution is 2.18. The van der Waals surface area contributed by atoms with Crippen LogP contribution in [-0.4, -0.2) is 11.8 Å². The molecule has 0 radical (unpaired) electrons. The van der Waals surface area contributed by atoms with E-state index >= 15 is 0 Å². The van der Waals surface area contributed by atoms with Crippen molar-refractivity contribution in [3.8, 4) is 0 Å². The van der Waals surface area contributed by atoms with E-state index in [0.29, 0.717) is 5.56 Å². The zero-order valence-electron chi connectivity index (χ0n) is 12.8. The maximum Gasteiger partial charge on any atom is 0.269 e. The Morgan fingerprint density at radius 1 is 0.833 bits per heavy atom. The second-order valence-corrected chi connectivity index (χ2v) is 6.24. The number of carbonyl (C=O) groups is 2. The van der Waals surface area contributed by atoms with E-state index in [-0.39, 0.29) is 18.2 Å². The highest BCUT2D eigenvalue weighted by Gasteiger charge is 2.09. The van der Waals surface area contributed by atoms with Crippen LogP contribution < -0.4 is 10.9 Å². The highest BCUT2D eigenvalue weighted by atomic mass is 79.9. The third-order valence-electron chi connectivity index (χ3n) is 3.65. The van der Waals surface area contributed by atoms with Gasteiger partial charge in [0.1, 0.15) is 0 Å². The lowest BCUT2D eigenvalue weighted by Gasteiger charge is -2.09. The van der Waals surface area contributed by atoms with Gasteiger partial charge < -0.3 is 0 Å². The fraction of sp³-hybridized carbons (Fsp3) is 0.0526. The summed E-state index contributed by atoms with van der Waals surface area (Å²) in [6.45, 7) is 0. The third-order valence-corrected chi connectivity index (χ3v) is 4.18. The van der Waals surface area contributed by atoms with Gasteiger partial charge in [-0.05, 0) is 40.6 Å². The van der Waals surface area contributed by atoms with Gasteiger partial charge in [-0.1, -0.05) is 58.4 Å². The molecule has 0 spiro atoms. The van der Waals surface area contributed by atoms with E-state index in [1.54, 1.807) is 24.3 Å². The lowest BCUT2D eigenvalue weighted by Crippen LogP contribution is -2.42. The highest BCUT2D eigenvalue weighted by molar-refractivity contribution is 9.10. The summed E-state index contributed by atoms with van der Waals surface area (Å²) in [6.07, 6.45) is 0.196. The number of nitrogens with one attached hydrogen (secondary N) is 2. The van der Waals surface area contributed by atoms with Gasteiger partial charge in [0, 0.05) is 10.0 Å². The van der Waals surface area contributed by atoms with Crippen LogP contribution in [0.3, 0.4) is 0 Å². The van der Waals surface area contributed by atoms with Crippen molar-refractivity contribution < 1.29 is 9.59 Å². The third kappa shape index (κ3) is 3.81. The first kappa shape index (κ1) is 16.2. The first-order valence-corrected chi connectivity index (χ1v) is 8.24. The van der Waals surface area contributed by atoms with Crippen LogP contribution in [0.4, 0.5) is 0 Å². The summed E-state index contributed by atoms with van der Waals surface area (Å²) in [5.74, 6) is -0.620. The number of benzene rings is 3. The van der Waals surface area contributed by atoms with Crippen LogP contribution in [0.25, 0.3) is 10.8 Å². The first-order chi connectivity index (χ1) is 11.6. The molecule has 4 nitrogen and oxygen atoms in total. The van der Waals surface area contributed by atoms with Gasteiger partial charge in [-0.25, -0.2) is 0 Å². The topological polar surface area (TPSA) is 58.2 Å². The second kappa shape index (κ2) is 7.27. The summed E-state index contributed by atoms with van der Waals surface area (Å²) in [5, 5.41) is 2.12. The number of halogens is 1. The van der Waals surface area contributed by atoms with Gasteiger partial charge in [-0.2, -0.15) is 0 Å². The Labute approximate surface area is 148 Å². The van der Waals surface area contributed by atoms with E-state index in [2.05, 4.69) is 26.8 Å². The Morgan fingerprint density at radius 3 is 2.33 bits per heavy atom. The molecule has 3 aromatic rings. The Hall–Kier alpha value is -2.66. The number of hydrogen-bond acceptors (Lipinski definition) is 2. The van der Waals surface area contributed by atoms with Gasteiger partial charge in [0.2, 0.25) is 5.91 Å². The summed E-state index contributed by atoms with van der Waals surface area (Å²) in [4.78, 5) is 24.1.